The number of halogens is 1. The Balaban J connectivity index is 1.50. The topological polar surface area (TPSA) is 110 Å². The minimum absolute atomic E-state index is 0.0884. The van der Waals surface area contributed by atoms with Gasteiger partial charge in [0.1, 0.15) is 5.15 Å². The number of carbonyl (C=O) groups excluding carboxylic acids is 1. The first-order chi connectivity index (χ1) is 18.8. The zero-order valence-corrected chi connectivity index (χ0v) is 23.9. The maximum absolute atomic E-state index is 13.6. The molecule has 4 heterocycles. The maximum Gasteiger partial charge on any atom is 0.281 e. The zero-order valence-electron chi connectivity index (χ0n) is 22.3. The van der Waals surface area contributed by atoms with Gasteiger partial charge in [0.15, 0.2) is 5.69 Å². The third-order valence-electron chi connectivity index (χ3n) is 7.09. The third-order valence-corrected chi connectivity index (χ3v) is 7.69. The molecule has 1 amide bonds. The molecule has 39 heavy (non-hydrogen) atoms. The molecule has 3 aromatic heterocycles. The van der Waals surface area contributed by atoms with Crippen molar-refractivity contribution < 1.29 is 4.79 Å². The van der Waals surface area contributed by atoms with Crippen molar-refractivity contribution in [2.45, 2.75) is 38.8 Å². The molecule has 2 N–H and O–H groups in total. The average molecular weight is 567 g/mol. The fourth-order valence-electron chi connectivity index (χ4n) is 5.16. The van der Waals surface area contributed by atoms with Crippen molar-refractivity contribution in [2.75, 3.05) is 29.6 Å². The van der Waals surface area contributed by atoms with Gasteiger partial charge in [-0.25, -0.2) is 9.97 Å². The van der Waals surface area contributed by atoms with Crippen LogP contribution in [0.3, 0.4) is 0 Å². The minimum Gasteiger partial charge on any atom is -0.377 e. The number of benzene rings is 1. The predicted octanol–water partition coefficient (Wildman–Crippen LogP) is 4.51. The van der Waals surface area contributed by atoms with E-state index < -0.39 is 0 Å². The number of fused-ring (bicyclic) bond motifs is 1. The van der Waals surface area contributed by atoms with Gasteiger partial charge in [-0.2, -0.15) is 5.10 Å². The van der Waals surface area contributed by atoms with Gasteiger partial charge in [0.05, 0.1) is 28.7 Å². The average Bonchev–Trinajstić information content (AvgIpc) is 3.47. The van der Waals surface area contributed by atoms with E-state index in [1.165, 1.54) is 11.9 Å². The molecule has 5 rings (SSSR count). The second-order valence-electron chi connectivity index (χ2n) is 9.76. The lowest BCUT2D eigenvalue weighted by atomic mass is 10.0. The van der Waals surface area contributed by atoms with Crippen LogP contribution in [0.4, 0.5) is 11.6 Å². The van der Waals surface area contributed by atoms with Crippen molar-refractivity contribution in [3.05, 3.63) is 75.1 Å². The summed E-state index contributed by atoms with van der Waals surface area (Å²) in [5, 5.41) is 8.59. The van der Waals surface area contributed by atoms with E-state index in [4.69, 9.17) is 16.6 Å². The molecule has 1 aromatic carbocycles. The van der Waals surface area contributed by atoms with Crippen LogP contribution < -0.4 is 20.5 Å². The van der Waals surface area contributed by atoms with Crippen molar-refractivity contribution in [2.24, 2.45) is 7.05 Å². The number of amides is 1. The number of pyridine rings is 1. The standard InChI is InChI=1S/C27H31ClN8O2S/c1-16-14-19(17(2)30-21-6-7-22(28)31-24(21)25(37)33-39-4)23-20(15-16)26(38)34(3)27(32-23)35-12-8-18(9-13-35)36-11-5-10-29-36/h5-7,10-11,14-15,17-18,30H,8-9,12-13H2,1-4H3,(H,33,37). The van der Waals surface area contributed by atoms with E-state index in [2.05, 4.69) is 25.0 Å². The number of anilines is 2. The highest BCUT2D eigenvalue weighted by Gasteiger charge is 2.25. The monoisotopic (exact) mass is 566 g/mol. The van der Waals surface area contributed by atoms with E-state index in [1.54, 1.807) is 36.2 Å². The van der Waals surface area contributed by atoms with Gasteiger partial charge in [0.2, 0.25) is 5.95 Å². The van der Waals surface area contributed by atoms with Crippen molar-refractivity contribution in [3.8, 4) is 0 Å². The lowest BCUT2D eigenvalue weighted by Crippen LogP contribution is -2.39. The van der Waals surface area contributed by atoms with E-state index in [9.17, 15) is 9.59 Å². The smallest absolute Gasteiger partial charge is 0.281 e. The summed E-state index contributed by atoms with van der Waals surface area (Å²) in [4.78, 5) is 37.7. The normalized spacial score (nSPS) is 14.9. The van der Waals surface area contributed by atoms with Gasteiger partial charge >= 0.3 is 0 Å². The molecular formula is C27H31ClN8O2S. The molecule has 0 bridgehead atoms. The number of aromatic nitrogens is 5. The van der Waals surface area contributed by atoms with Crippen molar-refractivity contribution >= 4 is 52.0 Å². The van der Waals surface area contributed by atoms with Crippen molar-refractivity contribution in [1.29, 1.82) is 0 Å². The molecule has 1 aliphatic heterocycles. The molecule has 0 aliphatic carbocycles. The molecule has 1 atom stereocenters. The largest absolute Gasteiger partial charge is 0.377 e. The van der Waals surface area contributed by atoms with Crippen LogP contribution in [0.1, 0.15) is 53.5 Å². The highest BCUT2D eigenvalue weighted by molar-refractivity contribution is 7.97. The van der Waals surface area contributed by atoms with Crippen molar-refractivity contribution in [3.63, 3.8) is 0 Å². The van der Waals surface area contributed by atoms with Crippen LogP contribution in [-0.4, -0.2) is 49.6 Å². The van der Waals surface area contributed by atoms with Gasteiger partial charge in [-0.1, -0.05) is 29.6 Å². The highest BCUT2D eigenvalue weighted by Crippen LogP contribution is 2.30. The quantitative estimate of drug-likeness (QED) is 0.248. The molecular weight excluding hydrogens is 536 g/mol. The Morgan fingerprint density at radius 1 is 1.21 bits per heavy atom. The minimum atomic E-state index is -0.346. The molecule has 204 valence electrons. The number of carbonyl (C=O) groups is 1. The summed E-state index contributed by atoms with van der Waals surface area (Å²) in [6.07, 6.45) is 7.40. The van der Waals surface area contributed by atoms with Crippen LogP contribution in [0.15, 0.2) is 47.5 Å². The second-order valence-corrected chi connectivity index (χ2v) is 10.8. The number of hydrogen-bond donors (Lipinski definition) is 2. The van der Waals surface area contributed by atoms with E-state index in [-0.39, 0.29) is 28.4 Å². The fraction of sp³-hybridized carbons (Fsp3) is 0.370. The summed E-state index contributed by atoms with van der Waals surface area (Å²) >= 11 is 7.28. The summed E-state index contributed by atoms with van der Waals surface area (Å²) < 4.78 is 6.36. The molecule has 1 saturated heterocycles. The molecule has 0 radical (unpaired) electrons. The number of rotatable bonds is 7. The van der Waals surface area contributed by atoms with Crippen LogP contribution in [-0.2, 0) is 7.05 Å². The summed E-state index contributed by atoms with van der Waals surface area (Å²) in [5.41, 5.74) is 3.11. The van der Waals surface area contributed by atoms with Gasteiger partial charge in [0, 0.05) is 44.4 Å². The summed E-state index contributed by atoms with van der Waals surface area (Å²) in [6, 6.07) is 9.29. The first-order valence-electron chi connectivity index (χ1n) is 12.8. The summed E-state index contributed by atoms with van der Waals surface area (Å²) in [5.74, 6) is 0.304. The number of hydrogen-bond acceptors (Lipinski definition) is 8. The van der Waals surface area contributed by atoms with Crippen LogP contribution in [0.25, 0.3) is 10.9 Å². The van der Waals surface area contributed by atoms with E-state index in [0.717, 1.165) is 37.1 Å². The lowest BCUT2D eigenvalue weighted by molar-refractivity contribution is 0.0980. The highest BCUT2D eigenvalue weighted by atomic mass is 35.5. The van der Waals surface area contributed by atoms with Gasteiger partial charge in [-0.15, -0.1) is 0 Å². The van der Waals surface area contributed by atoms with Gasteiger partial charge in [0.25, 0.3) is 11.5 Å². The van der Waals surface area contributed by atoms with Crippen LogP contribution in [0.5, 0.6) is 0 Å². The first-order valence-corrected chi connectivity index (χ1v) is 14.4. The molecule has 10 nitrogen and oxygen atoms in total. The molecule has 0 spiro atoms. The molecule has 1 aliphatic rings. The predicted molar refractivity (Wildman–Crippen MR) is 157 cm³/mol. The van der Waals surface area contributed by atoms with Crippen LogP contribution >= 0.6 is 23.5 Å². The Kier molecular flexibility index (Phi) is 7.81. The van der Waals surface area contributed by atoms with E-state index in [0.29, 0.717) is 28.6 Å². The molecule has 4 aromatic rings. The first kappa shape index (κ1) is 27.0. The number of aryl methyl sites for hydroxylation is 1. The summed E-state index contributed by atoms with van der Waals surface area (Å²) in [6.45, 7) is 5.49. The fourth-order valence-corrected chi connectivity index (χ4v) is 5.59. The zero-order chi connectivity index (χ0) is 27.7. The second kappa shape index (κ2) is 11.3. The molecule has 1 fully saturated rings. The third kappa shape index (κ3) is 5.46. The van der Waals surface area contributed by atoms with Crippen LogP contribution in [0, 0.1) is 6.92 Å². The Morgan fingerprint density at radius 2 is 1.97 bits per heavy atom. The Bertz CT molecular complexity index is 1560. The van der Waals surface area contributed by atoms with Gasteiger partial charge in [-0.3, -0.25) is 23.6 Å². The lowest BCUT2D eigenvalue weighted by Gasteiger charge is -2.33. The number of nitrogens with one attached hydrogen (secondary N) is 2. The van der Waals surface area contributed by atoms with E-state index in [1.807, 2.05) is 42.9 Å². The SMILES string of the molecule is CSNC(=O)c1nc(Cl)ccc1NC(C)c1cc(C)cc2c(=O)n(C)c(N3CCC(n4cccn4)CC3)nc12. The van der Waals surface area contributed by atoms with Gasteiger partial charge in [-0.05, 0) is 56.5 Å². The van der Waals surface area contributed by atoms with E-state index >= 15 is 0 Å². The molecule has 1 unspecified atom stereocenters. The molecule has 0 saturated carbocycles. The number of piperidine rings is 1. The number of nitrogens with zero attached hydrogens (tertiary/aromatic N) is 6. The Hall–Kier alpha value is -3.57. The Labute approximate surface area is 235 Å². The Morgan fingerprint density at radius 3 is 2.67 bits per heavy atom. The van der Waals surface area contributed by atoms with Crippen LogP contribution in [0.2, 0.25) is 5.15 Å². The van der Waals surface area contributed by atoms with Gasteiger partial charge < -0.3 is 10.2 Å². The van der Waals surface area contributed by atoms with Crippen molar-refractivity contribution in [1.82, 2.24) is 29.0 Å². The molecule has 12 heteroatoms. The maximum atomic E-state index is 13.6. The summed E-state index contributed by atoms with van der Waals surface area (Å²) in [7, 11) is 1.78.